The average molecular weight is 534 g/mol. The first-order valence-corrected chi connectivity index (χ1v) is 10.6. The first-order valence-electron chi connectivity index (χ1n) is 10.6. The SMILES string of the molecule is CCNC(=NCCCOCC1CCOCC1)N1CCN(c2cnn(C)c2)C(=O)C1.I. The quantitative estimate of drug-likeness (QED) is 0.236. The van der Waals surface area contributed by atoms with Crippen molar-refractivity contribution in [1.29, 1.82) is 0 Å². The highest BCUT2D eigenvalue weighted by atomic mass is 127. The molecule has 1 aromatic rings. The number of amides is 1. The van der Waals surface area contributed by atoms with Crippen LogP contribution in [0.15, 0.2) is 17.4 Å². The number of guanidine groups is 1. The molecule has 0 spiro atoms. The van der Waals surface area contributed by atoms with Crippen LogP contribution in [0.25, 0.3) is 0 Å². The van der Waals surface area contributed by atoms with Gasteiger partial charge in [-0.15, -0.1) is 24.0 Å². The van der Waals surface area contributed by atoms with Crippen molar-refractivity contribution in [3.8, 4) is 0 Å². The first kappa shape index (κ1) is 24.9. The molecule has 0 aromatic carbocycles. The minimum absolute atomic E-state index is 0. The minimum atomic E-state index is 0. The summed E-state index contributed by atoms with van der Waals surface area (Å²) in [5.41, 5.74) is 0.848. The molecule has 2 aliphatic rings. The number of aliphatic imine (C=N–C) groups is 1. The molecule has 0 bridgehead atoms. The van der Waals surface area contributed by atoms with Crippen molar-refractivity contribution in [3.05, 3.63) is 12.4 Å². The molecular weight excluding hydrogens is 499 g/mol. The largest absolute Gasteiger partial charge is 0.381 e. The van der Waals surface area contributed by atoms with Gasteiger partial charge in [0.1, 0.15) is 6.54 Å². The normalized spacial score (nSPS) is 18.5. The Kier molecular flexibility index (Phi) is 10.9. The predicted octanol–water partition coefficient (Wildman–Crippen LogP) is 1.49. The molecule has 0 aliphatic carbocycles. The summed E-state index contributed by atoms with van der Waals surface area (Å²) in [5, 5.41) is 7.47. The van der Waals surface area contributed by atoms with Crippen LogP contribution in [0.3, 0.4) is 0 Å². The Hall–Kier alpha value is -1.40. The van der Waals surface area contributed by atoms with E-state index in [9.17, 15) is 4.79 Å². The van der Waals surface area contributed by atoms with Crippen molar-refractivity contribution >= 4 is 41.5 Å². The molecule has 1 amide bonds. The second-order valence-electron chi connectivity index (χ2n) is 7.56. The summed E-state index contributed by atoms with van der Waals surface area (Å²) >= 11 is 0. The number of hydrogen-bond donors (Lipinski definition) is 1. The summed E-state index contributed by atoms with van der Waals surface area (Å²) in [5.74, 6) is 1.50. The van der Waals surface area contributed by atoms with Crippen LogP contribution >= 0.6 is 24.0 Å². The van der Waals surface area contributed by atoms with Crippen molar-refractivity contribution in [3.63, 3.8) is 0 Å². The van der Waals surface area contributed by atoms with Gasteiger partial charge >= 0.3 is 0 Å². The highest BCUT2D eigenvalue weighted by molar-refractivity contribution is 14.0. The van der Waals surface area contributed by atoms with Gasteiger partial charge in [0.15, 0.2) is 5.96 Å². The molecule has 0 unspecified atom stereocenters. The Balaban J connectivity index is 0.00000320. The maximum absolute atomic E-state index is 12.6. The molecule has 9 nitrogen and oxygen atoms in total. The van der Waals surface area contributed by atoms with Crippen LogP contribution in [0.2, 0.25) is 0 Å². The molecule has 170 valence electrons. The van der Waals surface area contributed by atoms with E-state index < -0.39 is 0 Å². The molecule has 2 fully saturated rings. The number of carbonyl (C=O) groups excluding carboxylic acids is 1. The minimum Gasteiger partial charge on any atom is -0.381 e. The van der Waals surface area contributed by atoms with Gasteiger partial charge in [0, 0.05) is 65.9 Å². The molecule has 0 atom stereocenters. The molecule has 3 rings (SSSR count). The summed E-state index contributed by atoms with van der Waals surface area (Å²) in [7, 11) is 1.85. The number of carbonyl (C=O) groups is 1. The van der Waals surface area contributed by atoms with Crippen LogP contribution in [-0.4, -0.2) is 85.7 Å². The fourth-order valence-corrected chi connectivity index (χ4v) is 3.62. The zero-order valence-corrected chi connectivity index (χ0v) is 20.4. The van der Waals surface area contributed by atoms with E-state index in [1.165, 1.54) is 0 Å². The lowest BCUT2D eigenvalue weighted by Gasteiger charge is -2.35. The number of anilines is 1. The number of aromatic nitrogens is 2. The molecule has 10 heteroatoms. The van der Waals surface area contributed by atoms with E-state index in [0.717, 1.165) is 63.8 Å². The molecule has 1 aromatic heterocycles. The summed E-state index contributed by atoms with van der Waals surface area (Å²) in [6.07, 6.45) is 6.67. The third-order valence-corrected chi connectivity index (χ3v) is 5.26. The fourth-order valence-electron chi connectivity index (χ4n) is 3.62. The lowest BCUT2D eigenvalue weighted by molar-refractivity contribution is -0.120. The molecule has 0 saturated carbocycles. The smallest absolute Gasteiger partial charge is 0.246 e. The van der Waals surface area contributed by atoms with Crippen molar-refractivity contribution in [2.45, 2.75) is 26.2 Å². The Morgan fingerprint density at radius 3 is 2.83 bits per heavy atom. The Morgan fingerprint density at radius 2 is 2.17 bits per heavy atom. The van der Waals surface area contributed by atoms with Crippen molar-refractivity contribution in [2.24, 2.45) is 18.0 Å². The van der Waals surface area contributed by atoms with Gasteiger partial charge in [-0.2, -0.15) is 5.10 Å². The van der Waals surface area contributed by atoms with E-state index in [1.807, 2.05) is 25.1 Å². The number of hydrogen-bond acceptors (Lipinski definition) is 5. The number of piperazine rings is 1. The summed E-state index contributed by atoms with van der Waals surface area (Å²) in [4.78, 5) is 21.1. The van der Waals surface area contributed by atoms with E-state index >= 15 is 0 Å². The standard InChI is InChI=1S/C20H34N6O3.HI/c1-3-21-20(22-7-4-10-29-16-17-5-11-28-12-6-17)25-8-9-26(19(27)15-25)18-13-23-24(2)14-18;/h13-14,17H,3-12,15-16H2,1-2H3,(H,21,22);1H. The van der Waals surface area contributed by atoms with E-state index in [-0.39, 0.29) is 29.9 Å². The number of ether oxygens (including phenoxy) is 2. The molecule has 3 heterocycles. The lowest BCUT2D eigenvalue weighted by Crippen LogP contribution is -2.55. The van der Waals surface area contributed by atoms with E-state index in [0.29, 0.717) is 32.2 Å². The molecule has 2 aliphatic heterocycles. The first-order chi connectivity index (χ1) is 14.2. The summed E-state index contributed by atoms with van der Waals surface area (Å²) in [6.45, 7) is 8.44. The number of halogens is 1. The summed E-state index contributed by atoms with van der Waals surface area (Å²) in [6, 6.07) is 0. The number of nitrogens with zero attached hydrogens (tertiary/aromatic N) is 5. The van der Waals surface area contributed by atoms with Gasteiger partial charge in [0.05, 0.1) is 11.9 Å². The third kappa shape index (κ3) is 7.38. The monoisotopic (exact) mass is 534 g/mol. The fraction of sp³-hybridized carbons (Fsp3) is 0.750. The van der Waals surface area contributed by atoms with Crippen LogP contribution in [0.5, 0.6) is 0 Å². The highest BCUT2D eigenvalue weighted by Crippen LogP contribution is 2.16. The van der Waals surface area contributed by atoms with Gasteiger partial charge in [-0.25, -0.2) is 0 Å². The zero-order valence-electron chi connectivity index (χ0n) is 18.1. The van der Waals surface area contributed by atoms with Gasteiger partial charge in [-0.1, -0.05) is 0 Å². The topological polar surface area (TPSA) is 84.2 Å². The maximum Gasteiger partial charge on any atom is 0.246 e. The molecule has 0 radical (unpaired) electrons. The summed E-state index contributed by atoms with van der Waals surface area (Å²) < 4.78 is 12.9. The van der Waals surface area contributed by atoms with Gasteiger partial charge in [0.2, 0.25) is 5.91 Å². The van der Waals surface area contributed by atoms with E-state index in [4.69, 9.17) is 14.5 Å². The molecule has 30 heavy (non-hydrogen) atoms. The van der Waals surface area contributed by atoms with Crippen LogP contribution in [0.1, 0.15) is 26.2 Å². The predicted molar refractivity (Wildman–Crippen MR) is 128 cm³/mol. The van der Waals surface area contributed by atoms with Gasteiger partial charge in [-0.05, 0) is 32.1 Å². The maximum atomic E-state index is 12.6. The van der Waals surface area contributed by atoms with Gasteiger partial charge in [-0.3, -0.25) is 14.5 Å². The number of aryl methyl sites for hydroxylation is 1. The zero-order chi connectivity index (χ0) is 20.5. The van der Waals surface area contributed by atoms with E-state index in [2.05, 4.69) is 10.4 Å². The average Bonchev–Trinajstić information content (AvgIpc) is 3.16. The molecule has 2 saturated heterocycles. The van der Waals surface area contributed by atoms with Crippen LogP contribution in [0.4, 0.5) is 5.69 Å². The van der Waals surface area contributed by atoms with Crippen LogP contribution < -0.4 is 10.2 Å². The second-order valence-corrected chi connectivity index (χ2v) is 7.56. The molecule has 1 N–H and O–H groups in total. The van der Waals surface area contributed by atoms with Gasteiger partial charge < -0.3 is 24.6 Å². The van der Waals surface area contributed by atoms with Gasteiger partial charge in [0.25, 0.3) is 0 Å². The van der Waals surface area contributed by atoms with Crippen molar-refractivity contribution in [1.82, 2.24) is 20.0 Å². The third-order valence-electron chi connectivity index (χ3n) is 5.26. The van der Waals surface area contributed by atoms with E-state index in [1.54, 1.807) is 15.8 Å². The number of nitrogens with one attached hydrogen (secondary N) is 1. The Labute approximate surface area is 196 Å². The molecular formula is C20H35IN6O3. The number of rotatable bonds is 8. The lowest BCUT2D eigenvalue weighted by atomic mass is 10.0. The van der Waals surface area contributed by atoms with Crippen LogP contribution in [-0.2, 0) is 21.3 Å². The van der Waals surface area contributed by atoms with Crippen molar-refractivity contribution in [2.75, 3.05) is 64.1 Å². The van der Waals surface area contributed by atoms with Crippen molar-refractivity contribution < 1.29 is 14.3 Å². The Bertz CT molecular complexity index is 677. The Morgan fingerprint density at radius 1 is 1.37 bits per heavy atom. The highest BCUT2D eigenvalue weighted by Gasteiger charge is 2.27. The van der Waals surface area contributed by atoms with Crippen LogP contribution in [0, 0.1) is 5.92 Å². The second kappa shape index (κ2) is 13.1.